The third-order valence-electron chi connectivity index (χ3n) is 2.31. The van der Waals surface area contributed by atoms with E-state index >= 15 is 0 Å². The van der Waals surface area contributed by atoms with E-state index in [-0.39, 0.29) is 9.79 Å². The van der Waals surface area contributed by atoms with Crippen molar-refractivity contribution in [2.45, 2.75) is 9.79 Å². The second-order valence-corrected chi connectivity index (χ2v) is 7.96. The van der Waals surface area contributed by atoms with Gasteiger partial charge in [0.15, 0.2) is 0 Å². The van der Waals surface area contributed by atoms with Gasteiger partial charge in [-0.2, -0.15) is 16.8 Å². The maximum atomic E-state index is 11.9. The van der Waals surface area contributed by atoms with Crippen molar-refractivity contribution in [3.63, 3.8) is 0 Å². The number of benzene rings is 2. The van der Waals surface area contributed by atoms with Crippen LogP contribution in [0.25, 0.3) is 0 Å². The molecule has 2 aromatic carbocycles. The topological polar surface area (TPSA) is 77.5 Å². The predicted octanol–water partition coefficient (Wildman–Crippen LogP) is 2.54. The van der Waals surface area contributed by atoms with Crippen molar-refractivity contribution in [3.05, 3.63) is 59.1 Å². The molecule has 0 radical (unpaired) electrons. The van der Waals surface area contributed by atoms with Crippen molar-refractivity contribution in [3.8, 4) is 0 Å². The van der Waals surface area contributed by atoms with Crippen LogP contribution in [-0.4, -0.2) is 16.8 Å². The summed E-state index contributed by atoms with van der Waals surface area (Å²) < 4.78 is 52.6. The third-order valence-corrected chi connectivity index (χ3v) is 5.97. The molecule has 0 aliphatic heterocycles. The first-order chi connectivity index (χ1) is 9.31. The van der Waals surface area contributed by atoms with Gasteiger partial charge in [0.2, 0.25) is 0 Å². The van der Waals surface area contributed by atoms with Crippen molar-refractivity contribution < 1.29 is 20.5 Å². The normalized spacial score (nSPS) is 12.2. The maximum Gasteiger partial charge on any atom is 0.311 e. The Kier molecular flexibility index (Phi) is 4.28. The van der Waals surface area contributed by atoms with E-state index in [9.17, 15) is 16.8 Å². The Balaban J connectivity index is 2.36. The molecule has 0 aliphatic carbocycles. The van der Waals surface area contributed by atoms with Crippen LogP contribution < -0.4 is 0 Å². The molecule has 20 heavy (non-hydrogen) atoms. The summed E-state index contributed by atoms with van der Waals surface area (Å²) in [6.07, 6.45) is 0. The fraction of sp³-hybridized carbons (Fsp3) is 0. The van der Waals surface area contributed by atoms with Crippen molar-refractivity contribution in [2.75, 3.05) is 0 Å². The molecule has 0 fully saturated rings. The molecule has 0 saturated heterocycles. The number of rotatable bonds is 4. The van der Waals surface area contributed by atoms with Gasteiger partial charge in [-0.05, 0) is 36.4 Å². The van der Waals surface area contributed by atoms with Crippen molar-refractivity contribution in [2.24, 2.45) is 0 Å². The zero-order chi connectivity index (χ0) is 14.8. The summed E-state index contributed by atoms with van der Waals surface area (Å²) in [5.41, 5.74) is 0. The van der Waals surface area contributed by atoms with Gasteiger partial charge in [-0.1, -0.05) is 34.1 Å². The van der Waals surface area contributed by atoms with E-state index in [1.807, 2.05) is 0 Å². The van der Waals surface area contributed by atoms with Crippen LogP contribution in [0.2, 0.25) is 0 Å². The van der Waals surface area contributed by atoms with Crippen LogP contribution in [0.5, 0.6) is 0 Å². The minimum absolute atomic E-state index is 0.222. The Bertz CT molecular complexity index is 797. The van der Waals surface area contributed by atoms with E-state index in [2.05, 4.69) is 19.6 Å². The summed E-state index contributed by atoms with van der Waals surface area (Å²) in [4.78, 5) is -0.458. The first kappa shape index (κ1) is 15.2. The van der Waals surface area contributed by atoms with E-state index < -0.39 is 20.2 Å². The highest BCUT2D eigenvalue weighted by Gasteiger charge is 2.26. The van der Waals surface area contributed by atoms with Crippen molar-refractivity contribution >= 4 is 36.2 Å². The molecular formula is C12H9BrO5S2. The lowest BCUT2D eigenvalue weighted by atomic mass is 10.4. The summed E-state index contributed by atoms with van der Waals surface area (Å²) in [7, 11) is -8.77. The molecule has 5 nitrogen and oxygen atoms in total. The van der Waals surface area contributed by atoms with Crippen LogP contribution in [0.1, 0.15) is 0 Å². The highest BCUT2D eigenvalue weighted by Crippen LogP contribution is 2.21. The van der Waals surface area contributed by atoms with Gasteiger partial charge in [-0.15, -0.1) is 3.63 Å². The van der Waals surface area contributed by atoms with Crippen LogP contribution in [-0.2, 0) is 23.9 Å². The largest absolute Gasteiger partial charge is 0.311 e. The van der Waals surface area contributed by atoms with Gasteiger partial charge >= 0.3 is 20.2 Å². The molecule has 106 valence electrons. The summed E-state index contributed by atoms with van der Waals surface area (Å²) in [5, 5.41) is 0. The zero-order valence-electron chi connectivity index (χ0n) is 9.93. The standard InChI is InChI=1S/C12H9BrO5S2/c13-10-6-8-12(9-7-10)20(16,17)18-19(14,15)11-4-2-1-3-5-11/h1-9H. The average molecular weight is 377 g/mol. The smallest absolute Gasteiger partial charge is 0.193 e. The van der Waals surface area contributed by atoms with Crippen molar-refractivity contribution in [1.29, 1.82) is 0 Å². The van der Waals surface area contributed by atoms with E-state index in [0.29, 0.717) is 4.47 Å². The minimum Gasteiger partial charge on any atom is -0.193 e. The second-order valence-electron chi connectivity index (χ2n) is 3.74. The fourth-order valence-electron chi connectivity index (χ4n) is 1.38. The van der Waals surface area contributed by atoms with Gasteiger partial charge < -0.3 is 0 Å². The van der Waals surface area contributed by atoms with Gasteiger partial charge in [0.25, 0.3) is 0 Å². The van der Waals surface area contributed by atoms with Gasteiger partial charge in [0.1, 0.15) is 0 Å². The summed E-state index contributed by atoms with van der Waals surface area (Å²) in [5.74, 6) is 0. The molecule has 0 N–H and O–H groups in total. The van der Waals surface area contributed by atoms with Crippen LogP contribution in [0.4, 0.5) is 0 Å². The molecule has 0 saturated carbocycles. The summed E-state index contributed by atoms with van der Waals surface area (Å²) in [6, 6.07) is 12.5. The zero-order valence-corrected chi connectivity index (χ0v) is 13.2. The van der Waals surface area contributed by atoms with Gasteiger partial charge in [-0.3, -0.25) is 0 Å². The Hall–Kier alpha value is -1.22. The molecule has 0 unspecified atom stereocenters. The summed E-state index contributed by atoms with van der Waals surface area (Å²) in [6.45, 7) is 0. The molecule has 0 spiro atoms. The molecule has 0 atom stereocenters. The van der Waals surface area contributed by atoms with E-state index in [4.69, 9.17) is 0 Å². The molecule has 0 heterocycles. The number of hydrogen-bond donors (Lipinski definition) is 0. The van der Waals surface area contributed by atoms with Crippen LogP contribution in [0.3, 0.4) is 0 Å². The second kappa shape index (κ2) is 5.65. The van der Waals surface area contributed by atoms with E-state index in [1.54, 1.807) is 6.07 Å². The molecule has 0 aliphatic rings. The van der Waals surface area contributed by atoms with E-state index in [1.165, 1.54) is 48.5 Å². The lowest BCUT2D eigenvalue weighted by Gasteiger charge is -2.06. The first-order valence-corrected chi connectivity index (χ1v) is 8.94. The predicted molar refractivity (Wildman–Crippen MR) is 76.0 cm³/mol. The molecule has 8 heteroatoms. The highest BCUT2D eigenvalue weighted by molar-refractivity contribution is 9.10. The quantitative estimate of drug-likeness (QED) is 0.819. The first-order valence-electron chi connectivity index (χ1n) is 5.33. The fourth-order valence-corrected chi connectivity index (χ4v) is 4.18. The van der Waals surface area contributed by atoms with Gasteiger partial charge in [0.05, 0.1) is 9.79 Å². The molecular weight excluding hydrogens is 368 g/mol. The van der Waals surface area contributed by atoms with Gasteiger partial charge in [-0.25, -0.2) is 0 Å². The molecule has 2 rings (SSSR count). The third kappa shape index (κ3) is 3.45. The molecule has 0 bridgehead atoms. The maximum absolute atomic E-state index is 11.9. The Morgan fingerprint density at radius 3 is 1.65 bits per heavy atom. The van der Waals surface area contributed by atoms with Crippen LogP contribution in [0, 0.1) is 0 Å². The molecule has 2 aromatic rings. The average Bonchev–Trinajstić information content (AvgIpc) is 2.39. The van der Waals surface area contributed by atoms with Crippen LogP contribution in [0.15, 0.2) is 68.9 Å². The molecule has 0 amide bonds. The monoisotopic (exact) mass is 376 g/mol. The van der Waals surface area contributed by atoms with Crippen molar-refractivity contribution in [1.82, 2.24) is 0 Å². The molecule has 0 aromatic heterocycles. The highest BCUT2D eigenvalue weighted by atomic mass is 79.9. The Labute approximate surface area is 125 Å². The van der Waals surface area contributed by atoms with Crippen LogP contribution >= 0.6 is 15.9 Å². The minimum atomic E-state index is -4.39. The SMILES string of the molecule is O=S(=O)(OS(=O)(=O)c1ccc(Br)cc1)c1ccccc1. The number of hydrogen-bond acceptors (Lipinski definition) is 5. The Morgan fingerprint density at radius 2 is 1.15 bits per heavy atom. The van der Waals surface area contributed by atoms with E-state index in [0.717, 1.165) is 0 Å². The van der Waals surface area contributed by atoms with Gasteiger partial charge in [0, 0.05) is 4.47 Å². The summed E-state index contributed by atoms with van der Waals surface area (Å²) >= 11 is 3.16. The lowest BCUT2D eigenvalue weighted by Crippen LogP contribution is -2.14. The number of halogens is 1. The lowest BCUT2D eigenvalue weighted by molar-refractivity contribution is 0.462. The Morgan fingerprint density at radius 1 is 0.700 bits per heavy atom.